The van der Waals surface area contributed by atoms with Crippen molar-refractivity contribution in [2.24, 2.45) is 0 Å². The van der Waals surface area contributed by atoms with Crippen LogP contribution in [0.3, 0.4) is 0 Å². The number of amides is 1. The van der Waals surface area contributed by atoms with Crippen molar-refractivity contribution in [2.45, 2.75) is 12.5 Å². The average Bonchev–Trinajstić information content (AvgIpc) is 3.15. The Kier molecular flexibility index (Phi) is 5.65. The number of nitrogens with one attached hydrogen (secondary N) is 1. The minimum Gasteiger partial charge on any atom is -0.493 e. The number of nitrogens with zero attached hydrogens (tertiary/aromatic N) is 1. The lowest BCUT2D eigenvalue weighted by Crippen LogP contribution is -2.20. The number of methoxy groups -OCH3 is 2. The first kappa shape index (κ1) is 17.4. The molecule has 0 spiro atoms. The van der Waals surface area contributed by atoms with Gasteiger partial charge in [-0.25, -0.2) is 4.98 Å². The molecule has 25 heavy (non-hydrogen) atoms. The Labute approximate surface area is 150 Å². The van der Waals surface area contributed by atoms with Gasteiger partial charge in [0, 0.05) is 23.7 Å². The molecule has 1 aliphatic heterocycles. The predicted octanol–water partition coefficient (Wildman–Crippen LogP) is 3.24. The van der Waals surface area contributed by atoms with E-state index in [2.05, 4.69) is 10.3 Å². The van der Waals surface area contributed by atoms with E-state index in [4.69, 9.17) is 14.2 Å². The maximum Gasteiger partial charge on any atom is 0.261 e. The second-order valence-corrected chi connectivity index (χ2v) is 6.63. The SMILES string of the molecule is COc1ccc(NC(=O)c2cccnc2OC2CCSC2)cc1OC. The number of carbonyl (C=O) groups excluding carboxylic acids is 1. The van der Waals surface area contributed by atoms with Gasteiger partial charge in [0.1, 0.15) is 11.7 Å². The Hall–Kier alpha value is -2.41. The second kappa shape index (κ2) is 8.11. The van der Waals surface area contributed by atoms with Crippen LogP contribution in [0.25, 0.3) is 0 Å². The molecule has 2 heterocycles. The Morgan fingerprint density at radius 2 is 2.08 bits per heavy atom. The zero-order valence-electron chi connectivity index (χ0n) is 14.2. The standard InChI is InChI=1S/C18H20N2O4S/c1-22-15-6-5-12(10-16(15)23-2)20-17(21)14-4-3-8-19-18(14)24-13-7-9-25-11-13/h3-6,8,10,13H,7,9,11H2,1-2H3,(H,20,21). The molecule has 2 aromatic rings. The Balaban J connectivity index is 1.77. The molecule has 0 aliphatic carbocycles. The smallest absolute Gasteiger partial charge is 0.261 e. The summed E-state index contributed by atoms with van der Waals surface area (Å²) in [4.78, 5) is 16.9. The Morgan fingerprint density at radius 1 is 1.24 bits per heavy atom. The number of hydrogen-bond donors (Lipinski definition) is 1. The molecule has 7 heteroatoms. The molecule has 6 nitrogen and oxygen atoms in total. The van der Waals surface area contributed by atoms with Crippen LogP contribution in [0, 0.1) is 0 Å². The summed E-state index contributed by atoms with van der Waals surface area (Å²) in [5.41, 5.74) is 1.02. The molecule has 1 atom stereocenters. The highest BCUT2D eigenvalue weighted by atomic mass is 32.2. The van der Waals surface area contributed by atoms with Crippen LogP contribution in [-0.4, -0.2) is 42.7 Å². The van der Waals surface area contributed by atoms with Crippen molar-refractivity contribution in [2.75, 3.05) is 31.0 Å². The molecule has 1 aromatic carbocycles. The fourth-order valence-electron chi connectivity index (χ4n) is 2.53. The van der Waals surface area contributed by atoms with Gasteiger partial charge in [-0.2, -0.15) is 11.8 Å². The van der Waals surface area contributed by atoms with E-state index in [1.165, 1.54) is 0 Å². The lowest BCUT2D eigenvalue weighted by Gasteiger charge is -2.15. The Bertz CT molecular complexity index is 748. The van der Waals surface area contributed by atoms with E-state index in [-0.39, 0.29) is 12.0 Å². The molecule has 0 saturated carbocycles. The van der Waals surface area contributed by atoms with E-state index in [1.54, 1.807) is 50.7 Å². The van der Waals surface area contributed by atoms with E-state index in [9.17, 15) is 4.79 Å². The highest BCUT2D eigenvalue weighted by Gasteiger charge is 2.21. The van der Waals surface area contributed by atoms with Crippen LogP contribution in [0.15, 0.2) is 36.5 Å². The van der Waals surface area contributed by atoms with Gasteiger partial charge in [0.15, 0.2) is 11.5 Å². The zero-order valence-corrected chi connectivity index (χ0v) is 15.0. The molecule has 1 unspecified atom stereocenters. The first-order valence-electron chi connectivity index (χ1n) is 7.94. The van der Waals surface area contributed by atoms with Crippen molar-refractivity contribution < 1.29 is 19.0 Å². The molecule has 1 saturated heterocycles. The summed E-state index contributed by atoms with van der Waals surface area (Å²) in [5, 5.41) is 2.85. The van der Waals surface area contributed by atoms with Crippen molar-refractivity contribution >= 4 is 23.4 Å². The summed E-state index contributed by atoms with van der Waals surface area (Å²) >= 11 is 1.85. The third kappa shape index (κ3) is 4.17. The van der Waals surface area contributed by atoms with Crippen LogP contribution >= 0.6 is 11.8 Å². The molecule has 0 radical (unpaired) electrons. The van der Waals surface area contributed by atoms with Crippen molar-refractivity contribution in [3.05, 3.63) is 42.1 Å². The van der Waals surface area contributed by atoms with E-state index < -0.39 is 0 Å². The average molecular weight is 360 g/mol. The fraction of sp³-hybridized carbons (Fsp3) is 0.333. The summed E-state index contributed by atoms with van der Waals surface area (Å²) in [6.45, 7) is 0. The van der Waals surface area contributed by atoms with Crippen LogP contribution in [0.1, 0.15) is 16.8 Å². The zero-order chi connectivity index (χ0) is 17.6. The number of anilines is 1. The van der Waals surface area contributed by atoms with Gasteiger partial charge in [-0.1, -0.05) is 0 Å². The van der Waals surface area contributed by atoms with Gasteiger partial charge in [-0.05, 0) is 36.4 Å². The number of thioether (sulfide) groups is 1. The van der Waals surface area contributed by atoms with Gasteiger partial charge in [-0.3, -0.25) is 4.79 Å². The maximum atomic E-state index is 12.7. The van der Waals surface area contributed by atoms with Crippen molar-refractivity contribution in [3.63, 3.8) is 0 Å². The summed E-state index contributed by atoms with van der Waals surface area (Å²) in [5.74, 6) is 3.24. The van der Waals surface area contributed by atoms with E-state index >= 15 is 0 Å². The van der Waals surface area contributed by atoms with E-state index in [0.717, 1.165) is 17.9 Å². The fourth-order valence-corrected chi connectivity index (χ4v) is 3.63. The van der Waals surface area contributed by atoms with E-state index in [0.29, 0.717) is 28.6 Å². The first-order valence-corrected chi connectivity index (χ1v) is 9.09. The van der Waals surface area contributed by atoms with Gasteiger partial charge in [0.2, 0.25) is 5.88 Å². The van der Waals surface area contributed by atoms with Gasteiger partial charge < -0.3 is 19.5 Å². The number of aromatic nitrogens is 1. The first-order chi connectivity index (χ1) is 12.2. The molecule has 1 N–H and O–H groups in total. The summed E-state index contributed by atoms with van der Waals surface area (Å²) in [6.07, 6.45) is 2.70. The normalized spacial score (nSPS) is 16.3. The number of benzene rings is 1. The van der Waals surface area contributed by atoms with Gasteiger partial charge in [0.05, 0.1) is 14.2 Å². The van der Waals surface area contributed by atoms with Gasteiger partial charge in [-0.15, -0.1) is 0 Å². The predicted molar refractivity (Wildman–Crippen MR) is 98.1 cm³/mol. The number of ether oxygens (including phenoxy) is 3. The lowest BCUT2D eigenvalue weighted by molar-refractivity contribution is 0.101. The van der Waals surface area contributed by atoms with Crippen LogP contribution in [0.4, 0.5) is 5.69 Å². The molecular weight excluding hydrogens is 340 g/mol. The maximum absolute atomic E-state index is 12.7. The quantitative estimate of drug-likeness (QED) is 0.853. The lowest BCUT2D eigenvalue weighted by atomic mass is 10.2. The molecule has 1 aromatic heterocycles. The largest absolute Gasteiger partial charge is 0.493 e. The van der Waals surface area contributed by atoms with Gasteiger partial charge in [0.25, 0.3) is 5.91 Å². The molecular formula is C18H20N2O4S. The van der Waals surface area contributed by atoms with Crippen LogP contribution in [0.5, 0.6) is 17.4 Å². The number of hydrogen-bond acceptors (Lipinski definition) is 6. The second-order valence-electron chi connectivity index (χ2n) is 5.48. The van der Waals surface area contributed by atoms with Crippen molar-refractivity contribution in [1.82, 2.24) is 4.98 Å². The summed E-state index contributed by atoms with van der Waals surface area (Å²) in [6, 6.07) is 8.64. The van der Waals surface area contributed by atoms with E-state index in [1.807, 2.05) is 11.8 Å². The molecule has 1 aliphatic rings. The minimum atomic E-state index is -0.277. The Morgan fingerprint density at radius 3 is 2.80 bits per heavy atom. The molecule has 1 amide bonds. The number of pyridine rings is 1. The topological polar surface area (TPSA) is 69.7 Å². The third-order valence-corrected chi connectivity index (χ3v) is 4.96. The van der Waals surface area contributed by atoms with Crippen molar-refractivity contribution in [1.29, 1.82) is 0 Å². The number of carbonyl (C=O) groups is 1. The van der Waals surface area contributed by atoms with Crippen LogP contribution in [0.2, 0.25) is 0 Å². The van der Waals surface area contributed by atoms with Crippen molar-refractivity contribution in [3.8, 4) is 17.4 Å². The molecule has 132 valence electrons. The third-order valence-electron chi connectivity index (χ3n) is 3.82. The highest BCUT2D eigenvalue weighted by molar-refractivity contribution is 7.99. The minimum absolute atomic E-state index is 0.104. The summed E-state index contributed by atoms with van der Waals surface area (Å²) < 4.78 is 16.4. The monoisotopic (exact) mass is 360 g/mol. The molecule has 1 fully saturated rings. The summed E-state index contributed by atoms with van der Waals surface area (Å²) in [7, 11) is 3.12. The number of rotatable bonds is 6. The van der Waals surface area contributed by atoms with Gasteiger partial charge >= 0.3 is 0 Å². The molecule has 0 bridgehead atoms. The highest BCUT2D eigenvalue weighted by Crippen LogP contribution is 2.30. The molecule has 3 rings (SSSR count). The van der Waals surface area contributed by atoms with Crippen LogP contribution < -0.4 is 19.5 Å². The van der Waals surface area contributed by atoms with Crippen LogP contribution in [-0.2, 0) is 0 Å².